The monoisotopic (exact) mass is 948 g/mol. The van der Waals surface area contributed by atoms with Crippen molar-refractivity contribution < 1.29 is 53.0 Å². The number of anilines is 1. The van der Waals surface area contributed by atoms with Crippen LogP contribution in [0.1, 0.15) is 104 Å². The second-order valence-corrected chi connectivity index (χ2v) is 23.3. The van der Waals surface area contributed by atoms with Gasteiger partial charge in [0.2, 0.25) is 5.69 Å². The Bertz CT molecular complexity index is 2810. The molecule has 1 unspecified atom stereocenters. The number of nitrogens with zero attached hydrogens (tertiary/aromatic N) is 2. The van der Waals surface area contributed by atoms with Gasteiger partial charge in [-0.3, -0.25) is 13.9 Å². The molecule has 3 aromatic carbocycles. The van der Waals surface area contributed by atoms with Crippen molar-refractivity contribution in [1.29, 1.82) is 0 Å². The number of allylic oxidation sites excluding steroid dienone is 7. The van der Waals surface area contributed by atoms with Crippen molar-refractivity contribution in [2.75, 3.05) is 29.5 Å². The summed E-state index contributed by atoms with van der Waals surface area (Å²) in [5, 5.41) is 0. The van der Waals surface area contributed by atoms with Gasteiger partial charge in [-0.1, -0.05) is 63.2 Å². The highest BCUT2D eigenvalue weighted by Gasteiger charge is 2.45. The molecular formula is C49H60N2O11S3. The minimum Gasteiger partial charge on any atom is -0.748 e. The zero-order valence-electron chi connectivity index (χ0n) is 37.9. The highest BCUT2D eigenvalue weighted by molar-refractivity contribution is 7.86. The molecule has 0 aromatic heterocycles. The van der Waals surface area contributed by atoms with E-state index in [1.165, 1.54) is 24.3 Å². The lowest BCUT2D eigenvalue weighted by Gasteiger charge is -2.31. The molecule has 350 valence electrons. The van der Waals surface area contributed by atoms with Crippen LogP contribution in [-0.4, -0.2) is 79.6 Å². The summed E-state index contributed by atoms with van der Waals surface area (Å²) in [7, 11) is -13.1. The van der Waals surface area contributed by atoms with Gasteiger partial charge >= 0.3 is 0 Å². The first-order valence-corrected chi connectivity index (χ1v) is 26.5. The normalized spacial score (nSPS) is 20.3. The van der Waals surface area contributed by atoms with E-state index in [2.05, 4.69) is 36.3 Å². The lowest BCUT2D eigenvalue weighted by Crippen LogP contribution is -2.30. The predicted octanol–water partition coefficient (Wildman–Crippen LogP) is 8.97. The summed E-state index contributed by atoms with van der Waals surface area (Å²) in [5.74, 6) is 0.107. The zero-order chi connectivity index (χ0) is 47.6. The van der Waals surface area contributed by atoms with E-state index in [0.29, 0.717) is 56.7 Å². The molecule has 3 aromatic rings. The van der Waals surface area contributed by atoms with Gasteiger partial charge in [0, 0.05) is 65.1 Å². The Morgan fingerprint density at radius 2 is 1.49 bits per heavy atom. The van der Waals surface area contributed by atoms with Crippen LogP contribution in [0.25, 0.3) is 0 Å². The molecule has 0 bridgehead atoms. The molecule has 0 radical (unpaired) electrons. The van der Waals surface area contributed by atoms with E-state index in [4.69, 9.17) is 4.74 Å². The van der Waals surface area contributed by atoms with Crippen LogP contribution < -0.4 is 9.64 Å². The second-order valence-electron chi connectivity index (χ2n) is 18.8. The van der Waals surface area contributed by atoms with Crippen LogP contribution in [0.5, 0.6) is 5.75 Å². The Morgan fingerprint density at radius 1 is 0.831 bits per heavy atom. The van der Waals surface area contributed by atoms with E-state index < -0.39 is 58.1 Å². The van der Waals surface area contributed by atoms with E-state index in [0.717, 1.165) is 51.5 Å². The van der Waals surface area contributed by atoms with Crippen molar-refractivity contribution in [3.05, 3.63) is 131 Å². The van der Waals surface area contributed by atoms with E-state index in [9.17, 15) is 43.7 Å². The molecule has 16 heteroatoms. The number of Topliss-reactive ketones (excluding diaryl/α,β-unsaturated/α-hetero) is 1. The van der Waals surface area contributed by atoms with Crippen LogP contribution in [0.2, 0.25) is 0 Å². The van der Waals surface area contributed by atoms with Crippen LogP contribution in [0.4, 0.5) is 11.4 Å². The number of ketones is 1. The average Bonchev–Trinajstić information content (AvgIpc) is 3.57. The van der Waals surface area contributed by atoms with Crippen molar-refractivity contribution in [2.45, 2.75) is 109 Å². The summed E-state index contributed by atoms with van der Waals surface area (Å²) in [6.45, 7) is 12.6. The van der Waals surface area contributed by atoms with Gasteiger partial charge in [-0.15, -0.1) is 0 Å². The fraction of sp³-hybridized carbons (Fsp3) is 0.429. The third kappa shape index (κ3) is 11.8. The maximum Gasteiger partial charge on any atom is 0.294 e. The van der Waals surface area contributed by atoms with Gasteiger partial charge in [-0.25, -0.2) is 8.42 Å². The van der Waals surface area contributed by atoms with Crippen LogP contribution in [-0.2, 0) is 46.0 Å². The number of benzene rings is 3. The van der Waals surface area contributed by atoms with Gasteiger partial charge in [0.25, 0.3) is 20.2 Å². The lowest BCUT2D eigenvalue weighted by molar-refractivity contribution is -0.437. The number of rotatable bonds is 18. The van der Waals surface area contributed by atoms with Gasteiger partial charge in [0.15, 0.2) is 5.71 Å². The van der Waals surface area contributed by atoms with Gasteiger partial charge in [-0.05, 0) is 118 Å². The summed E-state index contributed by atoms with van der Waals surface area (Å²) >= 11 is 0. The smallest absolute Gasteiger partial charge is 0.294 e. The summed E-state index contributed by atoms with van der Waals surface area (Å²) in [6.07, 6.45) is 11.9. The number of hydrogen-bond acceptors (Lipinski definition) is 10. The Hall–Kier alpha value is -4.71. The molecule has 0 amide bonds. The summed E-state index contributed by atoms with van der Waals surface area (Å²) in [4.78, 5) is 14.9. The minimum absolute atomic E-state index is 0.133. The topological polar surface area (TPSA) is 198 Å². The Morgan fingerprint density at radius 3 is 2.14 bits per heavy atom. The van der Waals surface area contributed by atoms with E-state index in [-0.39, 0.29) is 23.5 Å². The quantitative estimate of drug-likeness (QED) is 0.0908. The maximum atomic E-state index is 13.1. The summed E-state index contributed by atoms with van der Waals surface area (Å²) in [5.41, 5.74) is 5.80. The first-order valence-electron chi connectivity index (χ1n) is 21.9. The molecule has 13 nitrogen and oxygen atoms in total. The fourth-order valence-corrected chi connectivity index (χ4v) is 10.6. The minimum atomic E-state index is -4.46. The first kappa shape index (κ1) is 49.7. The summed E-state index contributed by atoms with van der Waals surface area (Å²) in [6, 6.07) is 21.3. The Labute approximate surface area is 384 Å². The van der Waals surface area contributed by atoms with Crippen LogP contribution in [0.3, 0.4) is 0 Å². The highest BCUT2D eigenvalue weighted by Crippen LogP contribution is 2.51. The molecule has 1 atom stereocenters. The lowest BCUT2D eigenvalue weighted by atomic mass is 9.76. The molecule has 1 aliphatic carbocycles. The molecule has 6 rings (SSSR count). The van der Waals surface area contributed by atoms with Crippen molar-refractivity contribution >= 4 is 53.2 Å². The average molecular weight is 949 g/mol. The number of fused-ring (bicyclic) bond motifs is 2. The van der Waals surface area contributed by atoms with Crippen LogP contribution in [0, 0.1) is 5.41 Å². The molecular weight excluding hydrogens is 889 g/mol. The van der Waals surface area contributed by atoms with Crippen LogP contribution >= 0.6 is 0 Å². The van der Waals surface area contributed by atoms with Crippen molar-refractivity contribution in [3.63, 3.8) is 0 Å². The molecule has 0 spiro atoms. The number of para-hydroxylation sites is 2. The predicted molar refractivity (Wildman–Crippen MR) is 252 cm³/mol. The molecule has 0 saturated carbocycles. The molecule has 65 heavy (non-hydrogen) atoms. The van der Waals surface area contributed by atoms with Crippen molar-refractivity contribution in [1.82, 2.24) is 0 Å². The molecule has 3 aliphatic rings. The number of carbonyl (C=O) groups is 1. The third-order valence-electron chi connectivity index (χ3n) is 12.6. The number of carbonyl (C=O) groups excluding carboxylic acids is 1. The van der Waals surface area contributed by atoms with E-state index in [1.807, 2.05) is 87.5 Å². The molecule has 2 aliphatic heterocycles. The standard InChI is InChI=1S/C49H60N2O11S3/c1-47(2,3)45(52)21-12-30-49(6)40-18-8-10-20-42(40)51(32-14-34-64(56,57)58)44(49)29-23-36-16-11-15-35(46(36)62-37-24-26-38(27-25-37)65(59,60)61)22-28-43-48(4,5)39-17-7-9-19-41(39)50(43)31-13-33-63(53,54)55/h7-10,17-20,22-29H,11-16,21,30-34H2,1-6H3,(H2-,53,54,55,56,57,58,59,60,61). The SMILES string of the molecule is CC(C)(C)C(=O)CCCC1(C)/C(=C\C=C2/CCCC(/C=C/C3=[N+](CCCS(=O)(=O)[O-])c4ccccc4C3(C)C)=C2Oc2ccc(S(=O)(=O)O)cc2)N(CCCS(=O)(=O)O)c2ccccc21. The largest absolute Gasteiger partial charge is 0.748 e. The van der Waals surface area contributed by atoms with Gasteiger partial charge in [0.1, 0.15) is 23.8 Å². The maximum absolute atomic E-state index is 13.1. The van der Waals surface area contributed by atoms with Gasteiger partial charge < -0.3 is 14.2 Å². The second kappa shape index (κ2) is 19.3. The Balaban J connectivity index is 1.48. The summed E-state index contributed by atoms with van der Waals surface area (Å²) < 4.78 is 110. The van der Waals surface area contributed by atoms with E-state index in [1.54, 1.807) is 0 Å². The number of ether oxygens (including phenoxy) is 1. The third-order valence-corrected chi connectivity index (χ3v) is 15.1. The first-order chi connectivity index (χ1) is 30.3. The Kier molecular flexibility index (Phi) is 14.7. The van der Waals surface area contributed by atoms with Gasteiger partial charge in [0.05, 0.1) is 26.2 Å². The molecule has 2 N–H and O–H groups in total. The van der Waals surface area contributed by atoms with Crippen molar-refractivity contribution in [2.24, 2.45) is 5.41 Å². The molecule has 0 fully saturated rings. The zero-order valence-corrected chi connectivity index (χ0v) is 40.4. The van der Waals surface area contributed by atoms with Crippen molar-refractivity contribution in [3.8, 4) is 5.75 Å². The fourth-order valence-electron chi connectivity index (χ4n) is 9.19. The van der Waals surface area contributed by atoms with E-state index >= 15 is 0 Å². The number of hydrogen-bond donors (Lipinski definition) is 2. The molecule has 0 saturated heterocycles. The van der Waals surface area contributed by atoms with Crippen LogP contribution in [0.15, 0.2) is 125 Å². The van der Waals surface area contributed by atoms with Gasteiger partial charge in [-0.2, -0.15) is 21.4 Å². The highest BCUT2D eigenvalue weighted by atomic mass is 32.2. The molecule has 2 heterocycles.